The monoisotopic (exact) mass is 400 g/mol. The van der Waals surface area contributed by atoms with E-state index in [4.69, 9.17) is 0 Å². The minimum absolute atomic E-state index is 0.198. The van der Waals surface area contributed by atoms with Crippen LogP contribution < -0.4 is 5.32 Å². The molecule has 30 heavy (non-hydrogen) atoms. The van der Waals surface area contributed by atoms with Crippen molar-refractivity contribution in [1.29, 1.82) is 0 Å². The zero-order valence-electron chi connectivity index (χ0n) is 17.4. The Bertz CT molecular complexity index is 1250. The fraction of sp³-hybridized carbons (Fsp3) is 0.304. The second-order valence-corrected chi connectivity index (χ2v) is 8.15. The van der Waals surface area contributed by atoms with Gasteiger partial charge in [0.25, 0.3) is 5.91 Å². The molecular weight excluding hydrogens is 376 g/mol. The van der Waals surface area contributed by atoms with Gasteiger partial charge in [0.1, 0.15) is 0 Å². The van der Waals surface area contributed by atoms with Gasteiger partial charge >= 0.3 is 0 Å². The minimum atomic E-state index is -0.198. The zero-order chi connectivity index (χ0) is 20.8. The Morgan fingerprint density at radius 3 is 2.70 bits per heavy atom. The Morgan fingerprint density at radius 2 is 1.93 bits per heavy atom. The van der Waals surface area contributed by atoms with Crippen LogP contribution in [0.3, 0.4) is 0 Å². The quantitative estimate of drug-likeness (QED) is 0.556. The predicted molar refractivity (Wildman–Crippen MR) is 116 cm³/mol. The molecule has 1 aromatic carbocycles. The fourth-order valence-electron chi connectivity index (χ4n) is 4.10. The Labute approximate surface area is 174 Å². The third kappa shape index (κ3) is 3.07. The molecule has 0 saturated carbocycles. The van der Waals surface area contributed by atoms with Crippen LogP contribution in [-0.4, -0.2) is 30.5 Å². The minimum Gasteiger partial charge on any atom is -0.319 e. The van der Waals surface area contributed by atoms with Gasteiger partial charge < -0.3 is 5.32 Å². The van der Waals surface area contributed by atoms with Gasteiger partial charge in [-0.15, -0.1) is 0 Å². The molecule has 1 aliphatic carbocycles. The van der Waals surface area contributed by atoms with Crippen LogP contribution in [-0.2, 0) is 12.8 Å². The Kier molecular flexibility index (Phi) is 4.38. The lowest BCUT2D eigenvalue weighted by Crippen LogP contribution is -2.15. The van der Waals surface area contributed by atoms with Crippen LogP contribution in [0.5, 0.6) is 0 Å². The van der Waals surface area contributed by atoms with E-state index in [1.54, 1.807) is 12.4 Å². The van der Waals surface area contributed by atoms with Crippen molar-refractivity contribution < 1.29 is 4.79 Å². The molecule has 3 heterocycles. The maximum atomic E-state index is 13.1. The topological polar surface area (TPSA) is 77.6 Å². The average molecular weight is 400 g/mol. The molecule has 1 N–H and O–H groups in total. The summed E-state index contributed by atoms with van der Waals surface area (Å²) in [4.78, 5) is 17.6. The maximum Gasteiger partial charge on any atom is 0.276 e. The first kappa shape index (κ1) is 18.5. The molecule has 0 radical (unpaired) electrons. The summed E-state index contributed by atoms with van der Waals surface area (Å²) in [6, 6.07) is 10.4. The van der Waals surface area contributed by atoms with Crippen molar-refractivity contribution in [2.45, 2.75) is 46.1 Å². The number of carbonyl (C=O) groups excluding carboxylic acids is 1. The largest absolute Gasteiger partial charge is 0.319 e. The highest BCUT2D eigenvalue weighted by Crippen LogP contribution is 2.29. The number of anilines is 1. The number of aromatic nitrogens is 5. The lowest BCUT2D eigenvalue weighted by atomic mass is 10.2. The fourth-order valence-corrected chi connectivity index (χ4v) is 4.10. The number of pyridine rings is 1. The molecule has 0 saturated heterocycles. The van der Waals surface area contributed by atoms with Crippen LogP contribution in [0.15, 0.2) is 42.7 Å². The Hall–Kier alpha value is -3.48. The molecule has 3 aromatic heterocycles. The summed E-state index contributed by atoms with van der Waals surface area (Å²) >= 11 is 0. The number of hydrogen-bond acceptors (Lipinski definition) is 4. The molecule has 4 aromatic rings. The molecule has 0 unspecified atom stereocenters. The smallest absolute Gasteiger partial charge is 0.276 e. The van der Waals surface area contributed by atoms with Gasteiger partial charge in [-0.2, -0.15) is 10.2 Å². The summed E-state index contributed by atoms with van der Waals surface area (Å²) in [6.07, 6.45) is 6.31. The Balaban J connectivity index is 1.46. The molecule has 0 aliphatic heterocycles. The molecule has 0 fully saturated rings. The van der Waals surface area contributed by atoms with Crippen LogP contribution in [0.4, 0.5) is 5.69 Å². The third-order valence-electron chi connectivity index (χ3n) is 5.60. The molecule has 7 heteroatoms. The number of nitrogens with zero attached hydrogens (tertiary/aromatic N) is 5. The van der Waals surface area contributed by atoms with Gasteiger partial charge in [0, 0.05) is 22.7 Å². The molecule has 152 valence electrons. The van der Waals surface area contributed by atoms with Gasteiger partial charge in [-0.3, -0.25) is 4.79 Å². The van der Waals surface area contributed by atoms with Gasteiger partial charge in [0.15, 0.2) is 11.3 Å². The second kappa shape index (κ2) is 7.09. The summed E-state index contributed by atoms with van der Waals surface area (Å²) in [5.74, 6) is -0.198. The lowest BCUT2D eigenvalue weighted by Gasteiger charge is -2.07. The van der Waals surface area contributed by atoms with Crippen molar-refractivity contribution in [2.75, 3.05) is 5.32 Å². The van der Waals surface area contributed by atoms with Crippen molar-refractivity contribution >= 4 is 22.6 Å². The summed E-state index contributed by atoms with van der Waals surface area (Å²) in [7, 11) is 0. The first-order chi connectivity index (χ1) is 14.5. The van der Waals surface area contributed by atoms with Crippen LogP contribution in [0.2, 0.25) is 0 Å². The standard InChI is InChI=1S/C23H24N6O/c1-14(2)28-22-16(12-25-28)11-17(13-24-22)26-23(30)21-19-5-4-6-20(19)29(27-21)18-9-7-15(3)8-10-18/h7-14H,4-6H2,1-3H3,(H,26,30). The number of nitrogens with one attached hydrogen (secondary N) is 1. The van der Waals surface area contributed by atoms with Crippen molar-refractivity contribution in [3.8, 4) is 5.69 Å². The highest BCUT2D eigenvalue weighted by molar-refractivity contribution is 6.04. The molecule has 0 atom stereocenters. The van der Waals surface area contributed by atoms with E-state index in [9.17, 15) is 4.79 Å². The molecule has 5 rings (SSSR count). The van der Waals surface area contributed by atoms with Crippen molar-refractivity contribution in [3.63, 3.8) is 0 Å². The molecule has 7 nitrogen and oxygen atoms in total. The van der Waals surface area contributed by atoms with Crippen LogP contribution >= 0.6 is 0 Å². The number of carbonyl (C=O) groups is 1. The number of rotatable bonds is 4. The third-order valence-corrected chi connectivity index (χ3v) is 5.60. The van der Waals surface area contributed by atoms with Crippen LogP contribution in [0.25, 0.3) is 16.7 Å². The summed E-state index contributed by atoms with van der Waals surface area (Å²) in [6.45, 7) is 6.19. The number of hydrogen-bond donors (Lipinski definition) is 1. The number of amides is 1. The Morgan fingerprint density at radius 1 is 1.13 bits per heavy atom. The molecule has 0 spiro atoms. The highest BCUT2D eigenvalue weighted by Gasteiger charge is 2.27. The molecule has 0 bridgehead atoms. The number of aryl methyl sites for hydroxylation is 1. The van der Waals surface area contributed by atoms with Gasteiger partial charge in [-0.05, 0) is 58.2 Å². The SMILES string of the molecule is Cc1ccc(-n2nc(C(=O)Nc3cnc4c(cnn4C(C)C)c3)c3c2CCC3)cc1. The van der Waals surface area contributed by atoms with Crippen LogP contribution in [0, 0.1) is 6.92 Å². The number of fused-ring (bicyclic) bond motifs is 2. The van der Waals surface area contributed by atoms with Gasteiger partial charge in [-0.1, -0.05) is 17.7 Å². The summed E-state index contributed by atoms with van der Waals surface area (Å²) in [5, 5.41) is 13.0. The first-order valence-electron chi connectivity index (χ1n) is 10.3. The van der Waals surface area contributed by atoms with Crippen molar-refractivity contribution in [2.24, 2.45) is 0 Å². The van der Waals surface area contributed by atoms with E-state index >= 15 is 0 Å². The maximum absolute atomic E-state index is 13.1. The van der Waals surface area contributed by atoms with E-state index < -0.39 is 0 Å². The van der Waals surface area contributed by atoms with E-state index in [-0.39, 0.29) is 11.9 Å². The average Bonchev–Trinajstić information content (AvgIpc) is 3.43. The van der Waals surface area contributed by atoms with E-state index in [1.165, 1.54) is 5.56 Å². The summed E-state index contributed by atoms with van der Waals surface area (Å²) < 4.78 is 3.79. The number of benzene rings is 1. The first-order valence-corrected chi connectivity index (χ1v) is 10.3. The van der Waals surface area contributed by atoms with E-state index in [2.05, 4.69) is 53.4 Å². The van der Waals surface area contributed by atoms with Crippen molar-refractivity contribution in [3.05, 3.63) is 65.2 Å². The molecular formula is C23H24N6O. The van der Waals surface area contributed by atoms with Gasteiger partial charge in [-0.25, -0.2) is 14.3 Å². The normalized spacial score (nSPS) is 13.2. The van der Waals surface area contributed by atoms with Gasteiger partial charge in [0.05, 0.1) is 23.8 Å². The van der Waals surface area contributed by atoms with E-state index in [1.807, 2.05) is 27.6 Å². The summed E-state index contributed by atoms with van der Waals surface area (Å²) in [5.41, 5.74) is 6.33. The molecule has 1 aliphatic rings. The zero-order valence-corrected chi connectivity index (χ0v) is 17.4. The lowest BCUT2D eigenvalue weighted by molar-refractivity contribution is 0.102. The van der Waals surface area contributed by atoms with E-state index in [0.717, 1.165) is 47.2 Å². The molecule has 1 amide bonds. The van der Waals surface area contributed by atoms with Crippen LogP contribution in [0.1, 0.15) is 53.6 Å². The van der Waals surface area contributed by atoms with Gasteiger partial charge in [0.2, 0.25) is 0 Å². The highest BCUT2D eigenvalue weighted by atomic mass is 16.2. The van der Waals surface area contributed by atoms with Crippen molar-refractivity contribution in [1.82, 2.24) is 24.5 Å². The predicted octanol–water partition coefficient (Wildman–Crippen LogP) is 4.25. The van der Waals surface area contributed by atoms with E-state index in [0.29, 0.717) is 11.4 Å². The second-order valence-electron chi connectivity index (χ2n) is 8.15.